The number of nitrogens with zero attached hydrogens (tertiary/aromatic N) is 1. The summed E-state index contributed by atoms with van der Waals surface area (Å²) in [6.45, 7) is 0.983. The summed E-state index contributed by atoms with van der Waals surface area (Å²) < 4.78 is 0. The summed E-state index contributed by atoms with van der Waals surface area (Å²) in [5, 5.41) is 6.46. The van der Waals surface area contributed by atoms with Crippen molar-refractivity contribution < 1.29 is 4.79 Å². The molecule has 4 heteroatoms. The molecule has 0 aromatic rings. The molecule has 2 N–H and O–H groups in total. The predicted molar refractivity (Wildman–Crippen MR) is 47.5 cm³/mol. The smallest absolute Gasteiger partial charge is 0.245 e. The van der Waals surface area contributed by atoms with Gasteiger partial charge in [-0.1, -0.05) is 12.2 Å². The van der Waals surface area contributed by atoms with Crippen molar-refractivity contribution in [2.75, 3.05) is 6.54 Å². The molecular formula is C8H11N3O. The molecule has 12 heavy (non-hydrogen) atoms. The van der Waals surface area contributed by atoms with Gasteiger partial charge < -0.3 is 5.32 Å². The Morgan fingerprint density at radius 1 is 1.42 bits per heavy atom. The monoisotopic (exact) mass is 165 g/mol. The van der Waals surface area contributed by atoms with Crippen LogP contribution in [0.25, 0.3) is 0 Å². The fourth-order valence-electron chi connectivity index (χ4n) is 0.698. The number of carbonyl (C=O) groups excluding carboxylic acids is 1. The molecule has 0 aromatic heterocycles. The topological polar surface area (TPSA) is 53.5 Å². The van der Waals surface area contributed by atoms with Gasteiger partial charge in [0, 0.05) is 12.8 Å². The van der Waals surface area contributed by atoms with Crippen LogP contribution >= 0.6 is 0 Å². The quantitative estimate of drug-likeness (QED) is 0.537. The van der Waals surface area contributed by atoms with E-state index >= 15 is 0 Å². The Kier molecular flexibility index (Phi) is 3.63. The van der Waals surface area contributed by atoms with E-state index in [1.807, 2.05) is 18.4 Å². The van der Waals surface area contributed by atoms with Crippen molar-refractivity contribution in [3.8, 4) is 0 Å². The van der Waals surface area contributed by atoms with Gasteiger partial charge in [-0.25, -0.2) is 5.43 Å². The molecule has 2 rings (SSSR count). The first-order valence-electron chi connectivity index (χ1n) is 3.75. The highest BCUT2D eigenvalue weighted by Gasteiger charge is 1.99. The maximum atomic E-state index is 10.0. The Morgan fingerprint density at radius 2 is 2.33 bits per heavy atom. The van der Waals surface area contributed by atoms with Crippen LogP contribution in [0.3, 0.4) is 0 Å². The average Bonchev–Trinajstić information content (AvgIpc) is 2.60. The third kappa shape index (κ3) is 3.55. The van der Waals surface area contributed by atoms with E-state index in [0.717, 1.165) is 6.54 Å². The van der Waals surface area contributed by atoms with Gasteiger partial charge in [-0.15, -0.1) is 0 Å². The van der Waals surface area contributed by atoms with Crippen molar-refractivity contribution in [3.05, 3.63) is 24.4 Å². The number of hydrazone groups is 1. The molecule has 2 aliphatic rings. The molecule has 0 unspecified atom stereocenters. The lowest BCUT2D eigenvalue weighted by Crippen LogP contribution is -2.08. The molecule has 64 valence electrons. The molecule has 0 saturated heterocycles. The lowest BCUT2D eigenvalue weighted by molar-refractivity contribution is -0.119. The number of rotatable bonds is 0. The van der Waals surface area contributed by atoms with E-state index in [0.29, 0.717) is 6.42 Å². The fourth-order valence-corrected chi connectivity index (χ4v) is 0.698. The molecule has 0 fully saturated rings. The van der Waals surface area contributed by atoms with E-state index in [1.165, 1.54) is 0 Å². The number of hydrogen-bond acceptors (Lipinski definition) is 3. The molecule has 2 heterocycles. The van der Waals surface area contributed by atoms with E-state index in [1.54, 1.807) is 6.21 Å². The van der Waals surface area contributed by atoms with Gasteiger partial charge in [-0.2, -0.15) is 5.10 Å². The summed E-state index contributed by atoms with van der Waals surface area (Å²) in [7, 11) is 0. The van der Waals surface area contributed by atoms with Gasteiger partial charge in [-0.05, 0) is 12.3 Å². The second-order valence-corrected chi connectivity index (χ2v) is 2.25. The van der Waals surface area contributed by atoms with Crippen LogP contribution in [0.5, 0.6) is 0 Å². The zero-order valence-corrected chi connectivity index (χ0v) is 6.66. The van der Waals surface area contributed by atoms with Crippen LogP contribution in [0.15, 0.2) is 29.5 Å². The maximum absolute atomic E-state index is 10.0. The molecule has 0 atom stereocenters. The fraction of sp³-hybridized carbons (Fsp3) is 0.250. The van der Waals surface area contributed by atoms with E-state index in [4.69, 9.17) is 0 Å². The van der Waals surface area contributed by atoms with Gasteiger partial charge in [0.2, 0.25) is 5.91 Å². The summed E-state index contributed by atoms with van der Waals surface area (Å²) in [5.41, 5.74) is 2.25. The molecule has 4 nitrogen and oxygen atoms in total. The Morgan fingerprint density at radius 3 is 2.50 bits per heavy atom. The summed E-state index contributed by atoms with van der Waals surface area (Å²) in [4.78, 5) is 10.0. The minimum atomic E-state index is -0.0185. The molecule has 0 saturated carbocycles. The highest BCUT2D eigenvalue weighted by molar-refractivity contribution is 5.93. The van der Waals surface area contributed by atoms with E-state index < -0.39 is 0 Å². The number of amides is 1. The standard InChI is InChI=1S/C5H7N.C3H4N2O/c1-2-4-6-5-3-1;6-3-1-2-4-5-3/h1-4,6H,5H2;2H,1H2,(H,5,6). The molecule has 0 spiro atoms. The Balaban J connectivity index is 0.000000120. The largest absolute Gasteiger partial charge is 0.387 e. The normalized spacial score (nSPS) is 17.8. The molecule has 0 radical (unpaired) electrons. The lowest BCUT2D eigenvalue weighted by Gasteiger charge is -1.94. The Hall–Kier alpha value is -1.58. The summed E-state index contributed by atoms with van der Waals surface area (Å²) in [5.74, 6) is -0.0185. The molecule has 2 aliphatic heterocycles. The third-order valence-electron chi connectivity index (χ3n) is 1.25. The van der Waals surface area contributed by atoms with Crippen molar-refractivity contribution in [2.24, 2.45) is 5.10 Å². The van der Waals surface area contributed by atoms with Crippen LogP contribution < -0.4 is 10.7 Å². The lowest BCUT2D eigenvalue weighted by atomic mass is 10.4. The second-order valence-electron chi connectivity index (χ2n) is 2.25. The van der Waals surface area contributed by atoms with Crippen molar-refractivity contribution in [1.82, 2.24) is 10.7 Å². The number of nitrogens with one attached hydrogen (secondary N) is 2. The van der Waals surface area contributed by atoms with E-state index in [2.05, 4.69) is 21.9 Å². The molecule has 1 amide bonds. The highest BCUT2D eigenvalue weighted by atomic mass is 16.2. The van der Waals surface area contributed by atoms with Crippen LogP contribution in [0.4, 0.5) is 0 Å². The molecule has 0 aromatic carbocycles. The van der Waals surface area contributed by atoms with E-state index in [9.17, 15) is 4.79 Å². The van der Waals surface area contributed by atoms with Crippen molar-refractivity contribution in [3.63, 3.8) is 0 Å². The van der Waals surface area contributed by atoms with Crippen molar-refractivity contribution >= 4 is 12.1 Å². The zero-order valence-electron chi connectivity index (χ0n) is 6.66. The van der Waals surface area contributed by atoms with E-state index in [-0.39, 0.29) is 5.91 Å². The molecule has 0 aliphatic carbocycles. The van der Waals surface area contributed by atoms with Gasteiger partial charge in [-0.3, -0.25) is 4.79 Å². The summed E-state index contributed by atoms with van der Waals surface area (Å²) in [6.07, 6.45) is 9.99. The number of allylic oxidation sites excluding steroid dienone is 2. The van der Waals surface area contributed by atoms with Crippen molar-refractivity contribution in [1.29, 1.82) is 0 Å². The van der Waals surface area contributed by atoms with Gasteiger partial charge in [0.15, 0.2) is 0 Å². The molecule has 0 bridgehead atoms. The van der Waals surface area contributed by atoms with Crippen LogP contribution in [0, 0.1) is 0 Å². The van der Waals surface area contributed by atoms with Crippen LogP contribution in [-0.4, -0.2) is 18.7 Å². The second kappa shape index (κ2) is 5.12. The first-order valence-corrected chi connectivity index (χ1v) is 3.75. The van der Waals surface area contributed by atoms with Gasteiger partial charge in [0.05, 0.1) is 6.42 Å². The zero-order chi connectivity index (χ0) is 8.65. The van der Waals surface area contributed by atoms with Crippen molar-refractivity contribution in [2.45, 2.75) is 6.42 Å². The highest BCUT2D eigenvalue weighted by Crippen LogP contribution is 1.80. The number of hydrogen-bond donors (Lipinski definition) is 2. The minimum absolute atomic E-state index is 0.0185. The maximum Gasteiger partial charge on any atom is 0.245 e. The Bertz CT molecular complexity index is 208. The van der Waals surface area contributed by atoms with Gasteiger partial charge in [0.25, 0.3) is 0 Å². The number of dihydropyridines is 1. The summed E-state index contributed by atoms with van der Waals surface area (Å²) in [6, 6.07) is 0. The minimum Gasteiger partial charge on any atom is -0.387 e. The number of carbonyl (C=O) groups is 1. The van der Waals surface area contributed by atoms with Gasteiger partial charge >= 0.3 is 0 Å². The van der Waals surface area contributed by atoms with Crippen LogP contribution in [0.2, 0.25) is 0 Å². The first-order chi connectivity index (χ1) is 5.89. The molecular weight excluding hydrogens is 154 g/mol. The Labute approximate surface area is 71.0 Å². The van der Waals surface area contributed by atoms with Gasteiger partial charge in [0.1, 0.15) is 0 Å². The average molecular weight is 165 g/mol. The SMILES string of the molecule is C1=CCNC=C1.O=C1CC=NN1. The first kappa shape index (κ1) is 8.52. The predicted octanol–water partition coefficient (Wildman–Crippen LogP) is 0.152. The third-order valence-corrected chi connectivity index (χ3v) is 1.25. The summed E-state index contributed by atoms with van der Waals surface area (Å²) >= 11 is 0. The van der Waals surface area contributed by atoms with Crippen LogP contribution in [0.1, 0.15) is 6.42 Å². The van der Waals surface area contributed by atoms with Crippen LogP contribution in [-0.2, 0) is 4.79 Å².